The number of phenolic OH excluding ortho intramolecular Hbond substituents is 1. The Morgan fingerprint density at radius 3 is 2.23 bits per heavy atom. The van der Waals surface area contributed by atoms with Crippen molar-refractivity contribution in [3.63, 3.8) is 0 Å². The van der Waals surface area contributed by atoms with Crippen LogP contribution in [0.1, 0.15) is 74.1 Å². The molecule has 0 fully saturated rings. The number of ether oxygens (including phenoxy) is 4. The highest BCUT2D eigenvalue weighted by atomic mass is 32.2. The summed E-state index contributed by atoms with van der Waals surface area (Å²) in [5, 5.41) is 55.5. The number of aromatic hydroxyl groups is 1. The van der Waals surface area contributed by atoms with Gasteiger partial charge in [0.25, 0.3) is 5.91 Å². The van der Waals surface area contributed by atoms with E-state index in [2.05, 4.69) is 36.6 Å². The number of amides is 3. The van der Waals surface area contributed by atoms with Gasteiger partial charge in [-0.2, -0.15) is 4.31 Å². The summed E-state index contributed by atoms with van der Waals surface area (Å²) in [5.41, 5.74) is 4.10. The third kappa shape index (κ3) is 18.8. The molecule has 2 atom stereocenters. The molecule has 0 unspecified atom stereocenters. The van der Waals surface area contributed by atoms with Gasteiger partial charge in [-0.3, -0.25) is 28.8 Å². The number of thiocarbonyl (C=S) groups is 1. The normalized spacial score (nSPS) is 12.4. The highest BCUT2D eigenvalue weighted by Crippen LogP contribution is 2.42. The summed E-state index contributed by atoms with van der Waals surface area (Å²) in [6, 6.07) is 17.1. The number of nitrogens with zero attached hydrogens (tertiary/aromatic N) is 7. The van der Waals surface area contributed by atoms with Gasteiger partial charge in [0.05, 0.1) is 93.4 Å². The lowest BCUT2D eigenvalue weighted by molar-refractivity contribution is -0.134. The molecule has 1 aliphatic heterocycles. The van der Waals surface area contributed by atoms with Crippen molar-refractivity contribution in [2.24, 2.45) is 5.92 Å². The lowest BCUT2D eigenvalue weighted by Crippen LogP contribution is -2.51. The molecule has 7 N–H and O–H groups in total. The molecule has 7 rings (SSSR count). The zero-order valence-electron chi connectivity index (χ0n) is 48.2. The van der Waals surface area contributed by atoms with Gasteiger partial charge in [0.15, 0.2) is 5.43 Å². The number of halogens is 1. The van der Waals surface area contributed by atoms with Gasteiger partial charge in [0.1, 0.15) is 41.5 Å². The molecule has 2 aromatic heterocycles. The molecular formula is C58H70FN11O15S2. The van der Waals surface area contributed by atoms with E-state index >= 15 is 0 Å². The molecule has 466 valence electrons. The minimum Gasteiger partial charge on any atom is -0.508 e. The van der Waals surface area contributed by atoms with Gasteiger partial charge in [0, 0.05) is 53.3 Å². The third-order valence-corrected chi connectivity index (χ3v) is 15.8. The largest absolute Gasteiger partial charge is 0.508 e. The summed E-state index contributed by atoms with van der Waals surface area (Å²) in [4.78, 5) is 64.8. The van der Waals surface area contributed by atoms with Crippen molar-refractivity contribution in [3.05, 3.63) is 118 Å². The smallest absolute Gasteiger partial charge is 0.336 e. The molecule has 3 heterocycles. The number of unbranched alkanes of at least 4 members (excludes halogenated alkanes) is 2. The maximum Gasteiger partial charge on any atom is 0.336 e. The van der Waals surface area contributed by atoms with Crippen LogP contribution in [0.2, 0.25) is 0 Å². The Morgan fingerprint density at radius 2 is 1.52 bits per heavy atom. The first kappa shape index (κ1) is 66.2. The molecule has 1 aliphatic carbocycles. The number of carboxylic acids is 1. The number of methoxy groups -OCH3 is 1. The molecule has 2 aliphatic rings. The first-order chi connectivity index (χ1) is 41.9. The van der Waals surface area contributed by atoms with Gasteiger partial charge in [-0.05, 0) is 104 Å². The first-order valence-electron chi connectivity index (χ1n) is 28.0. The fourth-order valence-corrected chi connectivity index (χ4v) is 11.4. The van der Waals surface area contributed by atoms with Crippen LogP contribution in [-0.2, 0) is 64.7 Å². The number of aromatic carboxylic acids is 1. The van der Waals surface area contributed by atoms with E-state index < -0.39 is 58.4 Å². The van der Waals surface area contributed by atoms with E-state index in [1.54, 1.807) is 49.8 Å². The molecule has 0 saturated heterocycles. The number of fused-ring (bicyclic) bond motifs is 2. The Balaban J connectivity index is 0.827. The van der Waals surface area contributed by atoms with E-state index in [0.29, 0.717) is 76.3 Å². The number of hydroxylamine groups is 1. The van der Waals surface area contributed by atoms with Crippen LogP contribution in [0.4, 0.5) is 10.1 Å². The Labute approximate surface area is 505 Å². The van der Waals surface area contributed by atoms with Gasteiger partial charge >= 0.3 is 5.97 Å². The zero-order valence-corrected chi connectivity index (χ0v) is 49.8. The first-order valence-corrected chi connectivity index (χ1v) is 29.8. The van der Waals surface area contributed by atoms with Gasteiger partial charge in [0.2, 0.25) is 21.8 Å². The zero-order chi connectivity index (χ0) is 62.5. The number of rotatable bonds is 36. The number of carbonyl (C=O) groups excluding carboxylic acids is 3. The topological polar surface area (TPSA) is 343 Å². The summed E-state index contributed by atoms with van der Waals surface area (Å²) in [5.74, 6) is -2.95. The van der Waals surface area contributed by atoms with Crippen LogP contribution < -0.4 is 31.6 Å². The monoisotopic (exact) mass is 1240 g/mol. The van der Waals surface area contributed by atoms with Crippen molar-refractivity contribution < 1.29 is 70.8 Å². The van der Waals surface area contributed by atoms with Crippen LogP contribution in [0, 0.1) is 5.92 Å². The second kappa shape index (κ2) is 32.4. The van der Waals surface area contributed by atoms with Crippen LogP contribution in [-0.4, -0.2) is 159 Å². The minimum atomic E-state index is -4.28. The van der Waals surface area contributed by atoms with Gasteiger partial charge in [-0.25, -0.2) is 28.1 Å². The maximum absolute atomic E-state index is 13.9. The van der Waals surface area contributed by atoms with Crippen molar-refractivity contribution in [2.45, 2.75) is 95.4 Å². The standard InChI is InChI=1S/C58H70FN11O15S2/c1-37(2)55(57(75)65-78)70(87(79,80)44-16-14-43(81-3)15-17-44)35-40-34-68(66-64-40)23-25-83-27-29-84-28-26-82-24-22-60-56(74)49(62-52(73)36-69-33-39(63-67-69)8-7-21-59)9-5-4-6-10-53(86)61-38-11-18-45(48(30-38)58(76)77)54-46-19-12-41(71)31-50(46)85-51-32-42(72)13-20-47(51)54/h11-20,30-34,37,49,55,71,78H,4-10,21-29,35-36H2,1-3H3,(H,60,74)(H,61,86)(H,62,73)(H,65,75)(H,76,77)/t49-,55+/m0/s1. The molecule has 0 radical (unpaired) electrons. The molecule has 0 saturated carbocycles. The average Bonchev–Trinajstić information content (AvgIpc) is 1.29. The number of phenols is 1. The lowest BCUT2D eigenvalue weighted by atomic mass is 9.90. The predicted octanol–water partition coefficient (Wildman–Crippen LogP) is 5.52. The summed E-state index contributed by atoms with van der Waals surface area (Å²) < 4.78 is 72.3. The van der Waals surface area contributed by atoms with Crippen molar-refractivity contribution in [1.82, 2.24) is 50.4 Å². The number of carbonyl (C=O) groups is 4. The maximum atomic E-state index is 13.9. The number of aromatic nitrogens is 6. The predicted molar refractivity (Wildman–Crippen MR) is 318 cm³/mol. The summed E-state index contributed by atoms with van der Waals surface area (Å²) in [6.07, 6.45) is 6.19. The molecule has 87 heavy (non-hydrogen) atoms. The molecule has 0 spiro atoms. The number of anilines is 1. The van der Waals surface area contributed by atoms with Gasteiger partial charge < -0.3 is 49.5 Å². The number of nitrogens with one attached hydrogen (secondary N) is 4. The highest BCUT2D eigenvalue weighted by molar-refractivity contribution is 7.89. The number of alkyl halides is 1. The van der Waals surface area contributed by atoms with Gasteiger partial charge in [-0.15, -0.1) is 10.2 Å². The van der Waals surface area contributed by atoms with Crippen LogP contribution in [0.25, 0.3) is 33.4 Å². The van der Waals surface area contributed by atoms with E-state index in [9.17, 15) is 52.2 Å². The summed E-state index contributed by atoms with van der Waals surface area (Å²) in [7, 11) is -2.83. The lowest BCUT2D eigenvalue weighted by Gasteiger charge is -2.31. The van der Waals surface area contributed by atoms with E-state index in [0.717, 1.165) is 4.31 Å². The van der Waals surface area contributed by atoms with Crippen molar-refractivity contribution >= 4 is 67.6 Å². The number of carboxylic acid groups (broad SMARTS) is 1. The quantitative estimate of drug-likeness (QED) is 0.00835. The highest BCUT2D eigenvalue weighted by Gasteiger charge is 2.39. The van der Waals surface area contributed by atoms with Crippen LogP contribution in [0.3, 0.4) is 0 Å². The number of aryl methyl sites for hydroxylation is 1. The second-order valence-corrected chi connectivity index (χ2v) is 22.7. The van der Waals surface area contributed by atoms with Crippen LogP contribution >= 0.6 is 12.2 Å². The molecule has 3 aromatic carbocycles. The number of hydrogen-bond acceptors (Lipinski definition) is 19. The average molecular weight is 1240 g/mol. The second-order valence-electron chi connectivity index (χ2n) is 20.3. The molecule has 29 heteroatoms. The Morgan fingerprint density at radius 1 is 0.816 bits per heavy atom. The molecule has 3 amide bonds. The SMILES string of the molecule is COc1ccc(S(=O)(=O)N(Cc2cn(CCOCCOCCOCCNC(=O)[C@H](CCCCCC(=S)Nc3ccc(-c4c5ccc(=O)cc-5oc5cc(O)ccc45)c(C(=O)O)c3)NC(=O)Cn3cc(CCCF)nn3)nn2)[C@@H](C(=O)NO)C(C)C)cc1. The van der Waals surface area contributed by atoms with Crippen molar-refractivity contribution in [1.29, 1.82) is 0 Å². The van der Waals surface area contributed by atoms with Crippen LogP contribution in [0.5, 0.6) is 11.5 Å². The Kier molecular flexibility index (Phi) is 24.7. The summed E-state index contributed by atoms with van der Waals surface area (Å²) in [6.45, 7) is 3.96. The number of hydrogen-bond donors (Lipinski definition) is 7. The number of benzene rings is 4. The summed E-state index contributed by atoms with van der Waals surface area (Å²) >= 11 is 5.65. The fraction of sp³-hybridized carbons (Fsp3) is 0.414. The molecular weight excluding hydrogens is 1170 g/mol. The Bertz CT molecular complexity index is 3600. The molecule has 26 nitrogen and oxygen atoms in total. The third-order valence-electron chi connectivity index (χ3n) is 13.6. The minimum absolute atomic E-state index is 0.0392. The fourth-order valence-electron chi connectivity index (χ4n) is 9.43. The van der Waals surface area contributed by atoms with Crippen molar-refractivity contribution in [3.8, 4) is 33.9 Å². The van der Waals surface area contributed by atoms with E-state index in [1.165, 1.54) is 77.3 Å². The molecule has 5 aromatic rings. The van der Waals surface area contributed by atoms with E-state index in [-0.39, 0.29) is 117 Å². The number of sulfonamides is 1. The van der Waals surface area contributed by atoms with Gasteiger partial charge in [-0.1, -0.05) is 55.4 Å². The van der Waals surface area contributed by atoms with Crippen LogP contribution in [0.15, 0.2) is 105 Å². The van der Waals surface area contributed by atoms with E-state index in [1.807, 2.05) is 0 Å². The van der Waals surface area contributed by atoms with Crippen molar-refractivity contribution in [2.75, 3.05) is 65.3 Å². The van der Waals surface area contributed by atoms with E-state index in [4.69, 9.17) is 35.6 Å². The Hall–Kier alpha value is -8.32. The molecule has 0 bridgehead atoms.